The number of carbonyl (C=O) groups is 2. The van der Waals surface area contributed by atoms with Gasteiger partial charge in [-0.25, -0.2) is 5.43 Å². The molecule has 2 amide bonds. The molecule has 5 heteroatoms. The molecule has 20 heavy (non-hydrogen) atoms. The van der Waals surface area contributed by atoms with Crippen LogP contribution in [0, 0.1) is 6.92 Å². The molecule has 0 heterocycles. The third-order valence-electron chi connectivity index (χ3n) is 3.35. The predicted octanol–water partition coefficient (Wildman–Crippen LogP) is 2.37. The van der Waals surface area contributed by atoms with Crippen molar-refractivity contribution < 1.29 is 9.59 Å². The number of nitrogens with zero attached hydrogens (tertiary/aromatic N) is 1. The van der Waals surface area contributed by atoms with Crippen molar-refractivity contribution in [1.82, 2.24) is 5.43 Å². The fraction of sp³-hybridized carbons (Fsp3) is 0.400. The van der Waals surface area contributed by atoms with Gasteiger partial charge in [0.05, 0.1) is 0 Å². The van der Waals surface area contributed by atoms with Crippen LogP contribution in [0.3, 0.4) is 0 Å². The molecule has 0 atom stereocenters. The second-order valence-electron chi connectivity index (χ2n) is 4.95. The standard InChI is InChI=1S/C15H19N3O2/c1-11-7-5-6-10-13(11)16-14(19)15(20)18-17-12-8-3-2-4-9-12/h5-7,10H,2-4,8-9H2,1H3,(H,16,19)(H,18,20). The lowest BCUT2D eigenvalue weighted by Gasteiger charge is -2.12. The molecule has 0 spiro atoms. The van der Waals surface area contributed by atoms with Gasteiger partial charge in [-0.15, -0.1) is 0 Å². The van der Waals surface area contributed by atoms with Crippen molar-refractivity contribution in [2.24, 2.45) is 5.10 Å². The number of hydrogen-bond donors (Lipinski definition) is 2. The SMILES string of the molecule is Cc1ccccc1NC(=O)C(=O)NN=C1CCCCC1. The Kier molecular flexibility index (Phi) is 4.87. The van der Waals surface area contributed by atoms with E-state index in [4.69, 9.17) is 0 Å². The first kappa shape index (κ1) is 14.2. The summed E-state index contributed by atoms with van der Waals surface area (Å²) < 4.78 is 0. The van der Waals surface area contributed by atoms with Gasteiger partial charge in [0.1, 0.15) is 0 Å². The zero-order valence-electron chi connectivity index (χ0n) is 11.6. The quantitative estimate of drug-likeness (QED) is 0.641. The normalized spacial score (nSPS) is 14.6. The summed E-state index contributed by atoms with van der Waals surface area (Å²) in [6.07, 6.45) is 5.22. The van der Waals surface area contributed by atoms with Gasteiger partial charge in [-0.3, -0.25) is 9.59 Å². The van der Waals surface area contributed by atoms with Crippen molar-refractivity contribution in [3.63, 3.8) is 0 Å². The van der Waals surface area contributed by atoms with E-state index >= 15 is 0 Å². The van der Waals surface area contributed by atoms with E-state index in [-0.39, 0.29) is 0 Å². The fourth-order valence-corrected chi connectivity index (χ4v) is 2.14. The topological polar surface area (TPSA) is 70.6 Å². The van der Waals surface area contributed by atoms with E-state index in [1.165, 1.54) is 6.42 Å². The number of hydrazone groups is 1. The van der Waals surface area contributed by atoms with Gasteiger partial charge in [0.2, 0.25) is 0 Å². The smallest absolute Gasteiger partial charge is 0.317 e. The molecule has 0 aliphatic heterocycles. The lowest BCUT2D eigenvalue weighted by molar-refractivity contribution is -0.136. The third-order valence-corrected chi connectivity index (χ3v) is 3.35. The summed E-state index contributed by atoms with van der Waals surface area (Å²) in [6.45, 7) is 1.87. The van der Waals surface area contributed by atoms with Gasteiger partial charge in [0, 0.05) is 11.4 Å². The van der Waals surface area contributed by atoms with Gasteiger partial charge in [-0.2, -0.15) is 5.10 Å². The summed E-state index contributed by atoms with van der Waals surface area (Å²) in [5, 5.41) is 6.60. The summed E-state index contributed by atoms with van der Waals surface area (Å²) >= 11 is 0. The van der Waals surface area contributed by atoms with Gasteiger partial charge in [0.15, 0.2) is 0 Å². The number of rotatable bonds is 2. The second-order valence-corrected chi connectivity index (χ2v) is 4.95. The lowest BCUT2D eigenvalue weighted by Crippen LogP contribution is -2.33. The zero-order valence-corrected chi connectivity index (χ0v) is 11.6. The average molecular weight is 273 g/mol. The average Bonchev–Trinajstić information content (AvgIpc) is 2.48. The van der Waals surface area contributed by atoms with Crippen LogP contribution in [0.15, 0.2) is 29.4 Å². The van der Waals surface area contributed by atoms with Gasteiger partial charge in [-0.05, 0) is 44.2 Å². The summed E-state index contributed by atoms with van der Waals surface area (Å²) in [7, 11) is 0. The predicted molar refractivity (Wildman–Crippen MR) is 78.5 cm³/mol. The molecule has 106 valence electrons. The molecule has 2 N–H and O–H groups in total. The number of para-hydroxylation sites is 1. The maximum Gasteiger partial charge on any atom is 0.329 e. The Balaban J connectivity index is 1.89. The Hall–Kier alpha value is -2.17. The highest BCUT2D eigenvalue weighted by atomic mass is 16.2. The highest BCUT2D eigenvalue weighted by molar-refractivity contribution is 6.39. The number of aryl methyl sites for hydroxylation is 1. The Morgan fingerprint density at radius 3 is 2.45 bits per heavy atom. The number of carbonyl (C=O) groups excluding carboxylic acids is 2. The first-order chi connectivity index (χ1) is 9.66. The van der Waals surface area contributed by atoms with E-state index < -0.39 is 11.8 Å². The van der Waals surface area contributed by atoms with Crippen molar-refractivity contribution in [3.8, 4) is 0 Å². The van der Waals surface area contributed by atoms with Crippen LogP contribution in [-0.2, 0) is 9.59 Å². The van der Waals surface area contributed by atoms with Crippen molar-refractivity contribution in [2.45, 2.75) is 39.0 Å². The Morgan fingerprint density at radius 2 is 1.75 bits per heavy atom. The van der Waals surface area contributed by atoms with Crippen LogP contribution in [0.25, 0.3) is 0 Å². The molecule has 1 aliphatic carbocycles. The van der Waals surface area contributed by atoms with Gasteiger partial charge < -0.3 is 5.32 Å². The number of anilines is 1. The van der Waals surface area contributed by atoms with E-state index in [0.29, 0.717) is 5.69 Å². The largest absolute Gasteiger partial charge is 0.329 e. The maximum absolute atomic E-state index is 11.7. The monoisotopic (exact) mass is 273 g/mol. The van der Waals surface area contributed by atoms with E-state index in [2.05, 4.69) is 15.8 Å². The van der Waals surface area contributed by atoms with Gasteiger partial charge in [-0.1, -0.05) is 24.6 Å². The van der Waals surface area contributed by atoms with Crippen molar-refractivity contribution in [2.75, 3.05) is 5.32 Å². The fourth-order valence-electron chi connectivity index (χ4n) is 2.14. The first-order valence-corrected chi connectivity index (χ1v) is 6.89. The molecule has 1 aromatic rings. The van der Waals surface area contributed by atoms with E-state index in [0.717, 1.165) is 37.0 Å². The minimum absolute atomic E-state index is 0.637. The maximum atomic E-state index is 11.7. The summed E-state index contributed by atoms with van der Waals surface area (Å²) in [4.78, 5) is 23.4. The molecule has 1 aliphatic rings. The summed E-state index contributed by atoms with van der Waals surface area (Å²) in [5.41, 5.74) is 4.84. The molecular formula is C15H19N3O2. The van der Waals surface area contributed by atoms with Crippen LogP contribution >= 0.6 is 0 Å². The minimum Gasteiger partial charge on any atom is -0.317 e. The minimum atomic E-state index is -0.730. The van der Waals surface area contributed by atoms with E-state index in [9.17, 15) is 9.59 Å². The molecule has 0 radical (unpaired) electrons. The van der Waals surface area contributed by atoms with Crippen molar-refractivity contribution in [1.29, 1.82) is 0 Å². The lowest BCUT2D eigenvalue weighted by atomic mass is 9.99. The number of benzene rings is 1. The van der Waals surface area contributed by atoms with Crippen LogP contribution in [0.2, 0.25) is 0 Å². The van der Waals surface area contributed by atoms with Crippen molar-refractivity contribution >= 4 is 23.2 Å². The number of amides is 2. The van der Waals surface area contributed by atoms with E-state index in [1.54, 1.807) is 6.07 Å². The van der Waals surface area contributed by atoms with Crippen LogP contribution in [0.1, 0.15) is 37.7 Å². The molecule has 1 fully saturated rings. The molecule has 1 saturated carbocycles. The molecule has 0 aromatic heterocycles. The molecule has 0 bridgehead atoms. The molecular weight excluding hydrogens is 254 g/mol. The molecule has 2 rings (SSSR count). The molecule has 5 nitrogen and oxygen atoms in total. The first-order valence-electron chi connectivity index (χ1n) is 6.89. The number of nitrogens with one attached hydrogen (secondary N) is 2. The Bertz CT molecular complexity index is 530. The second kappa shape index (κ2) is 6.84. The zero-order chi connectivity index (χ0) is 14.4. The molecule has 0 unspecified atom stereocenters. The van der Waals surface area contributed by atoms with Crippen LogP contribution in [0.5, 0.6) is 0 Å². The Morgan fingerprint density at radius 1 is 1.05 bits per heavy atom. The van der Waals surface area contributed by atoms with Crippen LogP contribution < -0.4 is 10.7 Å². The van der Waals surface area contributed by atoms with Crippen LogP contribution in [-0.4, -0.2) is 17.5 Å². The van der Waals surface area contributed by atoms with Gasteiger partial charge in [0.25, 0.3) is 0 Å². The Labute approximate surface area is 118 Å². The molecule has 0 saturated heterocycles. The summed E-state index contributed by atoms with van der Waals surface area (Å²) in [5.74, 6) is -1.43. The van der Waals surface area contributed by atoms with E-state index in [1.807, 2.05) is 25.1 Å². The number of hydrogen-bond acceptors (Lipinski definition) is 3. The molecule has 1 aromatic carbocycles. The van der Waals surface area contributed by atoms with Gasteiger partial charge >= 0.3 is 11.8 Å². The van der Waals surface area contributed by atoms with Crippen LogP contribution in [0.4, 0.5) is 5.69 Å². The summed E-state index contributed by atoms with van der Waals surface area (Å²) in [6, 6.07) is 7.31. The highest BCUT2D eigenvalue weighted by Gasteiger charge is 2.14. The van der Waals surface area contributed by atoms with Crippen molar-refractivity contribution in [3.05, 3.63) is 29.8 Å². The third kappa shape index (κ3) is 3.91. The highest BCUT2D eigenvalue weighted by Crippen LogP contribution is 2.14.